The minimum Gasteiger partial charge on any atom is -0.453 e. The number of hydrogen-bond donors (Lipinski definition) is 7. The number of nitrogens with two attached hydrogens (primary N) is 1. The molecule has 0 saturated heterocycles. The minimum atomic E-state index is -1.01. The Hall–Kier alpha value is -4.84. The summed E-state index contributed by atoms with van der Waals surface area (Å²) in [5.74, 6) is -1.41. The Labute approximate surface area is 292 Å². The molecule has 0 spiro atoms. The highest BCUT2D eigenvalue weighted by atomic mass is 16.6. The zero-order chi connectivity index (χ0) is 37.5. The van der Waals surface area contributed by atoms with Gasteiger partial charge in [-0.25, -0.2) is 19.2 Å². The number of hydrogen-bond acceptors (Lipinski definition) is 11. The van der Waals surface area contributed by atoms with Gasteiger partial charge in [0.25, 0.3) is 0 Å². The van der Waals surface area contributed by atoms with Gasteiger partial charge in [-0.1, -0.05) is 26.0 Å². The summed E-state index contributed by atoms with van der Waals surface area (Å²) in [6, 6.07) is 3.87. The fourth-order valence-corrected chi connectivity index (χ4v) is 3.97. The highest BCUT2D eigenvalue weighted by molar-refractivity contribution is 5.98. The van der Waals surface area contributed by atoms with Crippen molar-refractivity contribution in [3.05, 3.63) is 29.8 Å². The molecular weight excluding hydrogens is 658 g/mol. The third-order valence-electron chi connectivity index (χ3n) is 6.40. The molecule has 0 aliphatic rings. The van der Waals surface area contributed by atoms with Crippen LogP contribution in [0.3, 0.4) is 0 Å². The van der Waals surface area contributed by atoms with Crippen LogP contribution in [0.1, 0.15) is 53.0 Å². The van der Waals surface area contributed by atoms with Gasteiger partial charge in [-0.2, -0.15) is 0 Å². The largest absolute Gasteiger partial charge is 0.453 e. The Kier molecular flexibility index (Phi) is 20.3. The van der Waals surface area contributed by atoms with Crippen LogP contribution in [-0.2, 0) is 39.9 Å². The Morgan fingerprint density at radius 2 is 1.36 bits per heavy atom. The van der Waals surface area contributed by atoms with Gasteiger partial charge < -0.3 is 61.3 Å². The molecule has 0 unspecified atom stereocenters. The standard InChI is InChI=1S/C32H53N7O11/c1-21(2)25(39-31(45)46-6)27(41)38-24(8-7-13-34-28(33)42)26(40)37-23-11-9-22(10-12-23)20-49-29(43)35-14-16-47-18-19-48-17-15-36-30(44)50-32(3,4)5/h9-12,21,24-25H,7-8,13-20H2,1-6H3,(H,35,43)(H,36,44)(H,37,40)(H,38,41)(H,39,45)(H3,33,34,42)/t24-,25-/m0/s1. The van der Waals surface area contributed by atoms with Gasteiger partial charge in [0.15, 0.2) is 0 Å². The van der Waals surface area contributed by atoms with E-state index >= 15 is 0 Å². The van der Waals surface area contributed by atoms with E-state index in [0.717, 1.165) is 0 Å². The van der Waals surface area contributed by atoms with E-state index in [1.54, 1.807) is 58.9 Å². The molecule has 7 amide bonds. The van der Waals surface area contributed by atoms with E-state index in [9.17, 15) is 28.8 Å². The summed E-state index contributed by atoms with van der Waals surface area (Å²) < 4.78 is 25.7. The normalized spacial score (nSPS) is 12.1. The van der Waals surface area contributed by atoms with Crippen LogP contribution in [0.2, 0.25) is 0 Å². The number of primary amides is 1. The summed E-state index contributed by atoms with van der Waals surface area (Å²) >= 11 is 0. The van der Waals surface area contributed by atoms with Crippen molar-refractivity contribution in [2.75, 3.05) is 58.5 Å². The fourth-order valence-electron chi connectivity index (χ4n) is 3.97. The van der Waals surface area contributed by atoms with Crippen molar-refractivity contribution in [3.63, 3.8) is 0 Å². The van der Waals surface area contributed by atoms with Gasteiger partial charge in [-0.15, -0.1) is 0 Å². The van der Waals surface area contributed by atoms with Crippen molar-refractivity contribution in [2.45, 2.75) is 71.8 Å². The summed E-state index contributed by atoms with van der Waals surface area (Å²) in [5, 5.41) is 15.5. The number of methoxy groups -OCH3 is 1. The number of nitrogens with one attached hydrogen (secondary N) is 6. The van der Waals surface area contributed by atoms with E-state index in [4.69, 9.17) is 24.7 Å². The minimum absolute atomic E-state index is 0.0264. The van der Waals surface area contributed by atoms with Gasteiger partial charge in [0.1, 0.15) is 24.3 Å². The van der Waals surface area contributed by atoms with Crippen molar-refractivity contribution in [1.82, 2.24) is 26.6 Å². The number of alkyl carbamates (subject to hydrolysis) is 3. The second-order valence-electron chi connectivity index (χ2n) is 12.2. The van der Waals surface area contributed by atoms with Gasteiger partial charge >= 0.3 is 24.3 Å². The van der Waals surface area contributed by atoms with Crippen LogP contribution in [0.15, 0.2) is 24.3 Å². The number of rotatable bonds is 21. The van der Waals surface area contributed by atoms with E-state index in [2.05, 4.69) is 36.6 Å². The first-order valence-electron chi connectivity index (χ1n) is 16.2. The topological polar surface area (TPSA) is 247 Å². The summed E-state index contributed by atoms with van der Waals surface area (Å²) in [5.41, 5.74) is 5.61. The van der Waals surface area contributed by atoms with Crippen LogP contribution in [0.4, 0.5) is 24.9 Å². The molecule has 1 aromatic carbocycles. The smallest absolute Gasteiger partial charge is 0.407 e. The zero-order valence-electron chi connectivity index (χ0n) is 29.7. The molecular formula is C32H53N7O11. The van der Waals surface area contributed by atoms with Crippen molar-refractivity contribution in [3.8, 4) is 0 Å². The van der Waals surface area contributed by atoms with E-state index < -0.39 is 53.8 Å². The average Bonchev–Trinajstić information content (AvgIpc) is 3.04. The third-order valence-corrected chi connectivity index (χ3v) is 6.40. The van der Waals surface area contributed by atoms with Gasteiger partial charge in [0, 0.05) is 25.3 Å². The predicted octanol–water partition coefficient (Wildman–Crippen LogP) is 1.72. The number of carbonyl (C=O) groups excluding carboxylic acids is 6. The first kappa shape index (κ1) is 43.2. The Bertz CT molecular complexity index is 1220. The monoisotopic (exact) mass is 711 g/mol. The lowest BCUT2D eigenvalue weighted by molar-refractivity contribution is -0.128. The Balaban J connectivity index is 2.46. The Morgan fingerprint density at radius 1 is 0.760 bits per heavy atom. The lowest BCUT2D eigenvalue weighted by atomic mass is 10.0. The van der Waals surface area contributed by atoms with Gasteiger partial charge in [-0.3, -0.25) is 9.59 Å². The summed E-state index contributed by atoms with van der Waals surface area (Å²) in [4.78, 5) is 72.5. The molecule has 0 aromatic heterocycles. The molecule has 0 saturated carbocycles. The van der Waals surface area contributed by atoms with Crippen LogP contribution in [-0.4, -0.2) is 107 Å². The Morgan fingerprint density at radius 3 is 1.90 bits per heavy atom. The van der Waals surface area contributed by atoms with E-state index in [1.807, 2.05) is 0 Å². The second kappa shape index (κ2) is 23.5. The predicted molar refractivity (Wildman–Crippen MR) is 182 cm³/mol. The van der Waals surface area contributed by atoms with Gasteiger partial charge in [0.05, 0.1) is 33.5 Å². The highest BCUT2D eigenvalue weighted by Crippen LogP contribution is 2.13. The fraction of sp³-hybridized carbons (Fsp3) is 0.625. The molecule has 18 nitrogen and oxygen atoms in total. The van der Waals surface area contributed by atoms with Crippen molar-refractivity contribution in [1.29, 1.82) is 0 Å². The number of urea groups is 1. The quantitative estimate of drug-likeness (QED) is 0.0715. The molecule has 0 aliphatic heterocycles. The molecule has 1 aromatic rings. The molecule has 0 aliphatic carbocycles. The summed E-state index contributed by atoms with van der Waals surface area (Å²) in [6.45, 7) is 10.6. The number of ether oxygens (including phenoxy) is 5. The molecule has 282 valence electrons. The number of amides is 7. The average molecular weight is 712 g/mol. The highest BCUT2D eigenvalue weighted by Gasteiger charge is 2.29. The van der Waals surface area contributed by atoms with Gasteiger partial charge in [0.2, 0.25) is 11.8 Å². The molecule has 0 heterocycles. The third kappa shape index (κ3) is 20.5. The molecule has 50 heavy (non-hydrogen) atoms. The van der Waals surface area contributed by atoms with Crippen LogP contribution in [0.5, 0.6) is 0 Å². The number of benzene rings is 1. The molecule has 18 heteroatoms. The SMILES string of the molecule is COC(=O)N[C@H](C(=O)N[C@@H](CCCNC(N)=O)C(=O)Nc1ccc(COC(=O)NCCOCCOCCNC(=O)OC(C)(C)C)cc1)C(C)C. The van der Waals surface area contributed by atoms with Gasteiger partial charge in [-0.05, 0) is 57.2 Å². The molecule has 0 radical (unpaired) electrons. The number of carbonyl (C=O) groups is 6. The van der Waals surface area contributed by atoms with Crippen LogP contribution >= 0.6 is 0 Å². The lowest BCUT2D eigenvalue weighted by Gasteiger charge is -2.25. The van der Waals surface area contributed by atoms with Crippen molar-refractivity contribution >= 4 is 41.8 Å². The maximum atomic E-state index is 13.2. The molecule has 0 fully saturated rings. The van der Waals surface area contributed by atoms with E-state index in [0.29, 0.717) is 44.0 Å². The van der Waals surface area contributed by atoms with Crippen LogP contribution < -0.4 is 37.6 Å². The maximum Gasteiger partial charge on any atom is 0.407 e. The molecule has 8 N–H and O–H groups in total. The summed E-state index contributed by atoms with van der Waals surface area (Å²) in [6.07, 6.45) is -1.45. The maximum absolute atomic E-state index is 13.2. The molecule has 2 atom stereocenters. The van der Waals surface area contributed by atoms with Crippen molar-refractivity contribution < 1.29 is 52.5 Å². The molecule has 0 bridgehead atoms. The summed E-state index contributed by atoms with van der Waals surface area (Å²) in [7, 11) is 1.18. The van der Waals surface area contributed by atoms with Crippen molar-refractivity contribution in [2.24, 2.45) is 11.7 Å². The zero-order valence-corrected chi connectivity index (χ0v) is 29.7. The van der Waals surface area contributed by atoms with Crippen LogP contribution in [0.25, 0.3) is 0 Å². The van der Waals surface area contributed by atoms with Crippen LogP contribution in [0, 0.1) is 5.92 Å². The number of anilines is 1. The first-order chi connectivity index (χ1) is 23.6. The first-order valence-corrected chi connectivity index (χ1v) is 16.2. The van der Waals surface area contributed by atoms with E-state index in [-0.39, 0.29) is 38.6 Å². The van der Waals surface area contributed by atoms with E-state index in [1.165, 1.54) is 7.11 Å². The lowest BCUT2D eigenvalue weighted by Crippen LogP contribution is -2.54. The molecule has 1 rings (SSSR count). The second-order valence-corrected chi connectivity index (χ2v) is 12.2.